The summed E-state index contributed by atoms with van der Waals surface area (Å²) in [6, 6.07) is 7.60. The predicted octanol–water partition coefficient (Wildman–Crippen LogP) is 1.60. The van der Waals surface area contributed by atoms with Gasteiger partial charge in [-0.15, -0.1) is 0 Å². The Balaban J connectivity index is 2.37. The Hall–Kier alpha value is -1.81. The number of carbonyl (C=O) groups is 1. The molecular weight excluding hydrogens is 220 g/mol. The maximum Gasteiger partial charge on any atom is 0.328 e. The number of carboxylic acids is 1. The number of benzene rings is 1. The molecule has 90 valence electrons. The van der Waals surface area contributed by atoms with Crippen molar-refractivity contribution in [1.29, 1.82) is 0 Å². The highest BCUT2D eigenvalue weighted by molar-refractivity contribution is 5.80. The van der Waals surface area contributed by atoms with Crippen LogP contribution in [0, 0.1) is 0 Å². The second kappa shape index (κ2) is 4.59. The molecule has 0 spiro atoms. The quantitative estimate of drug-likeness (QED) is 0.804. The molecule has 1 saturated heterocycles. The van der Waals surface area contributed by atoms with E-state index >= 15 is 0 Å². The maximum absolute atomic E-state index is 10.6. The lowest BCUT2D eigenvalue weighted by molar-refractivity contribution is -0.131. The molecule has 1 heterocycles. The lowest BCUT2D eigenvalue weighted by Gasteiger charge is -2.40. The predicted molar refractivity (Wildman–Crippen MR) is 62.3 cm³/mol. The van der Waals surface area contributed by atoms with E-state index in [0.717, 1.165) is 17.4 Å². The van der Waals surface area contributed by atoms with Crippen molar-refractivity contribution in [2.24, 2.45) is 0 Å². The second-order valence-electron chi connectivity index (χ2n) is 4.02. The van der Waals surface area contributed by atoms with Gasteiger partial charge >= 0.3 is 5.97 Å². The maximum atomic E-state index is 10.6. The van der Waals surface area contributed by atoms with E-state index in [1.807, 2.05) is 24.3 Å². The van der Waals surface area contributed by atoms with E-state index in [4.69, 9.17) is 14.6 Å². The molecule has 2 rings (SSSR count). The molecule has 17 heavy (non-hydrogen) atoms. The molecule has 1 fully saturated rings. The summed E-state index contributed by atoms with van der Waals surface area (Å²) < 4.78 is 10.5. The Labute approximate surface area is 99.5 Å². The van der Waals surface area contributed by atoms with Crippen molar-refractivity contribution in [2.45, 2.75) is 5.41 Å². The molecule has 0 radical (unpaired) electrons. The van der Waals surface area contributed by atoms with E-state index in [1.165, 1.54) is 0 Å². The van der Waals surface area contributed by atoms with Crippen LogP contribution in [0.5, 0.6) is 5.75 Å². The number of methoxy groups -OCH3 is 1. The minimum atomic E-state index is -0.953. The van der Waals surface area contributed by atoms with Crippen molar-refractivity contribution in [3.05, 3.63) is 42.0 Å². The lowest BCUT2D eigenvalue weighted by Crippen LogP contribution is -2.45. The van der Waals surface area contributed by atoms with Crippen LogP contribution in [0.25, 0.3) is 0 Å². The summed E-state index contributed by atoms with van der Waals surface area (Å²) in [6.45, 7) is 0.967. The highest BCUT2D eigenvalue weighted by Gasteiger charge is 2.40. The minimum Gasteiger partial charge on any atom is -0.496 e. The first-order valence-electron chi connectivity index (χ1n) is 5.31. The lowest BCUT2D eigenvalue weighted by atomic mass is 9.78. The molecule has 1 aromatic carbocycles. The Kier molecular flexibility index (Phi) is 3.15. The summed E-state index contributed by atoms with van der Waals surface area (Å²) in [7, 11) is 1.60. The van der Waals surface area contributed by atoms with Gasteiger partial charge in [0.05, 0.1) is 25.7 Å². The summed E-state index contributed by atoms with van der Waals surface area (Å²) in [5.74, 6) is -0.197. The Morgan fingerprint density at radius 1 is 1.47 bits per heavy atom. The fraction of sp³-hybridized carbons (Fsp3) is 0.308. The zero-order valence-corrected chi connectivity index (χ0v) is 9.55. The zero-order chi connectivity index (χ0) is 12.3. The van der Waals surface area contributed by atoms with Crippen LogP contribution in [0.2, 0.25) is 0 Å². The van der Waals surface area contributed by atoms with Crippen molar-refractivity contribution >= 4 is 5.97 Å². The molecule has 1 aromatic rings. The third kappa shape index (κ3) is 2.17. The smallest absolute Gasteiger partial charge is 0.328 e. The van der Waals surface area contributed by atoms with Crippen molar-refractivity contribution in [3.63, 3.8) is 0 Å². The number of hydrogen-bond donors (Lipinski definition) is 1. The Morgan fingerprint density at radius 3 is 2.71 bits per heavy atom. The molecule has 0 aromatic heterocycles. The third-order valence-corrected chi connectivity index (χ3v) is 2.91. The Bertz CT molecular complexity index is 446. The first-order valence-corrected chi connectivity index (χ1v) is 5.31. The summed E-state index contributed by atoms with van der Waals surface area (Å²) in [5, 5.41) is 8.71. The topological polar surface area (TPSA) is 55.8 Å². The van der Waals surface area contributed by atoms with Gasteiger partial charge in [0, 0.05) is 11.6 Å². The van der Waals surface area contributed by atoms with Crippen LogP contribution >= 0.6 is 0 Å². The molecule has 1 N–H and O–H groups in total. The van der Waals surface area contributed by atoms with Crippen LogP contribution in [0.1, 0.15) is 5.56 Å². The molecule has 0 amide bonds. The normalized spacial score (nSPS) is 17.7. The number of hydrogen-bond acceptors (Lipinski definition) is 3. The summed E-state index contributed by atoms with van der Waals surface area (Å²) in [4.78, 5) is 10.6. The van der Waals surface area contributed by atoms with Gasteiger partial charge in [-0.25, -0.2) is 4.79 Å². The highest BCUT2D eigenvalue weighted by atomic mass is 16.5. The summed E-state index contributed by atoms with van der Waals surface area (Å²) in [6.07, 6.45) is 2.84. The van der Waals surface area contributed by atoms with Crippen molar-refractivity contribution in [1.82, 2.24) is 0 Å². The highest BCUT2D eigenvalue weighted by Crippen LogP contribution is 2.38. The van der Waals surface area contributed by atoms with Gasteiger partial charge in [-0.2, -0.15) is 0 Å². The van der Waals surface area contributed by atoms with E-state index in [2.05, 4.69) is 0 Å². The largest absolute Gasteiger partial charge is 0.496 e. The fourth-order valence-corrected chi connectivity index (χ4v) is 1.95. The van der Waals surface area contributed by atoms with Crippen LogP contribution in [-0.2, 0) is 14.9 Å². The monoisotopic (exact) mass is 234 g/mol. The van der Waals surface area contributed by atoms with Gasteiger partial charge in [-0.3, -0.25) is 0 Å². The molecule has 0 bridgehead atoms. The van der Waals surface area contributed by atoms with Gasteiger partial charge in [0.15, 0.2) is 0 Å². The third-order valence-electron chi connectivity index (χ3n) is 2.91. The van der Waals surface area contributed by atoms with E-state index in [-0.39, 0.29) is 5.41 Å². The molecule has 1 aliphatic rings. The van der Waals surface area contributed by atoms with Gasteiger partial charge in [-0.05, 0) is 6.07 Å². The zero-order valence-electron chi connectivity index (χ0n) is 9.55. The first kappa shape index (κ1) is 11.7. The van der Waals surface area contributed by atoms with E-state index < -0.39 is 5.97 Å². The number of ether oxygens (including phenoxy) is 2. The average molecular weight is 234 g/mol. The van der Waals surface area contributed by atoms with Gasteiger partial charge in [-0.1, -0.05) is 24.3 Å². The molecule has 0 saturated carbocycles. The molecule has 0 unspecified atom stereocenters. The molecule has 4 nitrogen and oxygen atoms in total. The standard InChI is InChI=1S/C13H14O4/c1-16-11-5-3-2-4-10(11)13(8-17-9-13)7-6-12(14)15/h2-7H,8-9H2,1H3,(H,14,15)/b7-6+. The van der Waals surface area contributed by atoms with Crippen molar-refractivity contribution in [3.8, 4) is 5.75 Å². The van der Waals surface area contributed by atoms with Crippen molar-refractivity contribution < 1.29 is 19.4 Å². The van der Waals surface area contributed by atoms with Crippen LogP contribution in [-0.4, -0.2) is 31.4 Å². The fourth-order valence-electron chi connectivity index (χ4n) is 1.95. The number of carboxylic acid groups (broad SMARTS) is 1. The summed E-state index contributed by atoms with van der Waals surface area (Å²) in [5.41, 5.74) is 0.594. The Morgan fingerprint density at radius 2 is 2.18 bits per heavy atom. The van der Waals surface area contributed by atoms with Crippen molar-refractivity contribution in [2.75, 3.05) is 20.3 Å². The van der Waals surface area contributed by atoms with E-state index in [0.29, 0.717) is 13.2 Å². The SMILES string of the molecule is COc1ccccc1C1(/C=C/C(=O)O)COC1. The number of rotatable bonds is 4. The number of para-hydroxylation sites is 1. The van der Waals surface area contributed by atoms with E-state index in [9.17, 15) is 4.79 Å². The van der Waals surface area contributed by atoms with Crippen LogP contribution in [0.3, 0.4) is 0 Å². The molecule has 1 aliphatic heterocycles. The van der Waals surface area contributed by atoms with Gasteiger partial charge in [0.2, 0.25) is 0 Å². The molecule has 0 atom stereocenters. The molecule has 0 aliphatic carbocycles. The summed E-state index contributed by atoms with van der Waals surface area (Å²) >= 11 is 0. The van der Waals surface area contributed by atoms with E-state index in [1.54, 1.807) is 13.2 Å². The second-order valence-corrected chi connectivity index (χ2v) is 4.02. The van der Waals surface area contributed by atoms with Gasteiger partial charge in [0.25, 0.3) is 0 Å². The first-order chi connectivity index (χ1) is 8.18. The molecule has 4 heteroatoms. The van der Waals surface area contributed by atoms with Crippen LogP contribution < -0.4 is 4.74 Å². The number of aliphatic carboxylic acids is 1. The van der Waals surface area contributed by atoms with Gasteiger partial charge in [0.1, 0.15) is 5.75 Å². The minimum absolute atomic E-state index is 0.370. The van der Waals surface area contributed by atoms with Crippen LogP contribution in [0.4, 0.5) is 0 Å². The van der Waals surface area contributed by atoms with Gasteiger partial charge < -0.3 is 14.6 Å². The van der Waals surface area contributed by atoms with Crippen LogP contribution in [0.15, 0.2) is 36.4 Å². The average Bonchev–Trinajstić information content (AvgIpc) is 2.28. The molecular formula is C13H14O4.